The van der Waals surface area contributed by atoms with Crippen LogP contribution in [-0.2, 0) is 0 Å². The van der Waals surface area contributed by atoms with Crippen LogP contribution in [0.3, 0.4) is 0 Å². The van der Waals surface area contributed by atoms with Gasteiger partial charge < -0.3 is 5.43 Å². The van der Waals surface area contributed by atoms with Gasteiger partial charge in [-0.1, -0.05) is 0 Å². The molecule has 0 fully saturated rings. The van der Waals surface area contributed by atoms with Crippen LogP contribution in [0.15, 0.2) is 24.3 Å². The van der Waals surface area contributed by atoms with Gasteiger partial charge in [0.15, 0.2) is 0 Å². The molecule has 0 unspecified atom stereocenters. The van der Waals surface area contributed by atoms with E-state index < -0.39 is 0 Å². The summed E-state index contributed by atoms with van der Waals surface area (Å²) in [6.07, 6.45) is 0.823. The van der Waals surface area contributed by atoms with E-state index in [4.69, 9.17) is 5.84 Å². The molecular formula is C11H11N3O. The molecule has 4 heteroatoms. The fraction of sp³-hybridized carbons (Fsp3) is 0.0909. The summed E-state index contributed by atoms with van der Waals surface area (Å²) in [5, 5.41) is 0.941. The second-order valence-corrected chi connectivity index (χ2v) is 3.37. The highest BCUT2D eigenvalue weighted by atomic mass is 16.1. The third-order valence-electron chi connectivity index (χ3n) is 2.30. The van der Waals surface area contributed by atoms with Crippen molar-refractivity contribution < 1.29 is 4.79 Å². The average molecular weight is 201 g/mol. The van der Waals surface area contributed by atoms with Crippen molar-refractivity contribution in [3.05, 3.63) is 35.4 Å². The second-order valence-electron chi connectivity index (χ2n) is 3.37. The van der Waals surface area contributed by atoms with E-state index in [2.05, 4.69) is 10.4 Å². The highest BCUT2D eigenvalue weighted by Crippen LogP contribution is 2.19. The standard InChI is InChI=1S/C11H11N3O/c1-7-4-9-5-8(6-15)2-3-10(9)13-11(7)14-12/h2-6H,12H2,1H3,(H,13,14). The topological polar surface area (TPSA) is 68.0 Å². The van der Waals surface area contributed by atoms with Crippen molar-refractivity contribution in [3.8, 4) is 0 Å². The Hall–Kier alpha value is -1.94. The maximum Gasteiger partial charge on any atom is 0.150 e. The lowest BCUT2D eigenvalue weighted by atomic mass is 10.1. The number of anilines is 1. The molecular weight excluding hydrogens is 190 g/mol. The number of aromatic nitrogens is 1. The minimum Gasteiger partial charge on any atom is -0.308 e. The number of nitrogens with zero attached hydrogens (tertiary/aromatic N) is 1. The molecule has 4 nitrogen and oxygen atoms in total. The molecule has 0 atom stereocenters. The lowest BCUT2D eigenvalue weighted by Gasteiger charge is -2.06. The van der Waals surface area contributed by atoms with Crippen molar-refractivity contribution in [2.75, 3.05) is 5.43 Å². The molecule has 1 heterocycles. The smallest absolute Gasteiger partial charge is 0.150 e. The van der Waals surface area contributed by atoms with Gasteiger partial charge in [-0.3, -0.25) is 4.79 Å². The first kappa shape index (κ1) is 9.61. The maximum atomic E-state index is 10.6. The lowest BCUT2D eigenvalue weighted by molar-refractivity contribution is 0.112. The maximum absolute atomic E-state index is 10.6. The van der Waals surface area contributed by atoms with Crippen LogP contribution in [0.2, 0.25) is 0 Å². The largest absolute Gasteiger partial charge is 0.308 e. The summed E-state index contributed by atoms with van der Waals surface area (Å²) in [5.74, 6) is 5.98. The number of carbonyl (C=O) groups excluding carboxylic acids is 1. The fourth-order valence-corrected chi connectivity index (χ4v) is 1.52. The van der Waals surface area contributed by atoms with Crippen LogP contribution < -0.4 is 11.3 Å². The molecule has 15 heavy (non-hydrogen) atoms. The molecule has 2 aromatic rings. The van der Waals surface area contributed by atoms with E-state index in [1.807, 2.05) is 19.1 Å². The van der Waals surface area contributed by atoms with Crippen molar-refractivity contribution in [2.45, 2.75) is 6.92 Å². The number of pyridine rings is 1. The molecule has 1 aromatic heterocycles. The Morgan fingerprint density at radius 1 is 1.40 bits per heavy atom. The van der Waals surface area contributed by atoms with Crippen LogP contribution in [-0.4, -0.2) is 11.3 Å². The second kappa shape index (κ2) is 3.67. The van der Waals surface area contributed by atoms with Crippen LogP contribution in [0.4, 0.5) is 5.82 Å². The summed E-state index contributed by atoms with van der Waals surface area (Å²) in [6, 6.07) is 7.30. The number of hydrazine groups is 1. The van der Waals surface area contributed by atoms with Gasteiger partial charge in [-0.05, 0) is 36.8 Å². The Morgan fingerprint density at radius 2 is 2.20 bits per heavy atom. The number of carbonyl (C=O) groups is 1. The van der Waals surface area contributed by atoms with Crippen LogP contribution >= 0.6 is 0 Å². The first-order valence-electron chi connectivity index (χ1n) is 4.58. The number of nitrogen functional groups attached to an aromatic ring is 1. The van der Waals surface area contributed by atoms with Gasteiger partial charge in [0, 0.05) is 10.9 Å². The minimum absolute atomic E-state index is 0.650. The molecule has 1 aromatic carbocycles. The SMILES string of the molecule is Cc1cc2cc(C=O)ccc2nc1NN. The molecule has 0 aliphatic carbocycles. The Kier molecular flexibility index (Phi) is 2.35. The molecule has 2 rings (SSSR count). The summed E-state index contributed by atoms with van der Waals surface area (Å²) in [6.45, 7) is 1.91. The molecule has 0 aliphatic rings. The zero-order chi connectivity index (χ0) is 10.8. The number of benzene rings is 1. The number of nitrogens with two attached hydrogens (primary N) is 1. The first-order chi connectivity index (χ1) is 7.24. The van der Waals surface area contributed by atoms with E-state index in [1.165, 1.54) is 0 Å². The van der Waals surface area contributed by atoms with Crippen molar-refractivity contribution in [3.63, 3.8) is 0 Å². The first-order valence-corrected chi connectivity index (χ1v) is 4.58. The normalized spacial score (nSPS) is 10.3. The summed E-state index contributed by atoms with van der Waals surface area (Å²) in [5.41, 5.74) is 4.96. The Labute approximate surface area is 87.1 Å². The zero-order valence-corrected chi connectivity index (χ0v) is 8.32. The molecule has 0 spiro atoms. The van der Waals surface area contributed by atoms with Gasteiger partial charge in [-0.25, -0.2) is 10.8 Å². The molecule has 3 N–H and O–H groups in total. The molecule has 0 radical (unpaired) electrons. The molecule has 0 bridgehead atoms. The number of hydrogen-bond acceptors (Lipinski definition) is 4. The Balaban J connectivity index is 2.70. The van der Waals surface area contributed by atoms with Crippen LogP contribution in [0.25, 0.3) is 10.9 Å². The molecule has 0 amide bonds. The minimum atomic E-state index is 0.650. The Bertz CT molecular complexity index is 522. The monoisotopic (exact) mass is 201 g/mol. The summed E-state index contributed by atoms with van der Waals surface area (Å²) >= 11 is 0. The van der Waals surface area contributed by atoms with Gasteiger partial charge in [0.05, 0.1) is 5.52 Å². The number of aryl methyl sites for hydroxylation is 1. The van der Waals surface area contributed by atoms with E-state index in [-0.39, 0.29) is 0 Å². The summed E-state index contributed by atoms with van der Waals surface area (Å²) in [7, 11) is 0. The van der Waals surface area contributed by atoms with E-state index in [0.717, 1.165) is 22.8 Å². The molecule has 0 saturated heterocycles. The van der Waals surface area contributed by atoms with Gasteiger partial charge in [-0.2, -0.15) is 0 Å². The lowest BCUT2D eigenvalue weighted by Crippen LogP contribution is -2.10. The fourth-order valence-electron chi connectivity index (χ4n) is 1.52. The number of hydrogen-bond donors (Lipinski definition) is 2. The van der Waals surface area contributed by atoms with E-state index in [1.54, 1.807) is 12.1 Å². The highest BCUT2D eigenvalue weighted by molar-refractivity contribution is 5.88. The van der Waals surface area contributed by atoms with Crippen molar-refractivity contribution >= 4 is 23.0 Å². The summed E-state index contributed by atoms with van der Waals surface area (Å²) in [4.78, 5) is 14.9. The quantitative estimate of drug-likeness (QED) is 0.440. The predicted octanol–water partition coefficient (Wildman–Crippen LogP) is 1.64. The van der Waals surface area contributed by atoms with E-state index >= 15 is 0 Å². The van der Waals surface area contributed by atoms with Gasteiger partial charge >= 0.3 is 0 Å². The highest BCUT2D eigenvalue weighted by Gasteiger charge is 2.02. The van der Waals surface area contributed by atoms with E-state index in [0.29, 0.717) is 11.4 Å². The third kappa shape index (κ3) is 1.67. The number of fused-ring (bicyclic) bond motifs is 1. The van der Waals surface area contributed by atoms with Gasteiger partial charge in [0.1, 0.15) is 12.1 Å². The average Bonchev–Trinajstić information content (AvgIpc) is 2.27. The van der Waals surface area contributed by atoms with Crippen molar-refractivity contribution in [2.24, 2.45) is 5.84 Å². The zero-order valence-electron chi connectivity index (χ0n) is 8.32. The predicted molar refractivity (Wildman–Crippen MR) is 59.7 cm³/mol. The molecule has 76 valence electrons. The molecule has 0 saturated carbocycles. The van der Waals surface area contributed by atoms with Crippen LogP contribution in [0, 0.1) is 6.92 Å². The van der Waals surface area contributed by atoms with Gasteiger partial charge in [0.2, 0.25) is 0 Å². The summed E-state index contributed by atoms with van der Waals surface area (Å²) < 4.78 is 0. The van der Waals surface area contributed by atoms with E-state index in [9.17, 15) is 4.79 Å². The number of nitrogens with one attached hydrogen (secondary N) is 1. The van der Waals surface area contributed by atoms with Crippen molar-refractivity contribution in [1.29, 1.82) is 0 Å². The van der Waals surface area contributed by atoms with Gasteiger partial charge in [-0.15, -0.1) is 0 Å². The van der Waals surface area contributed by atoms with Crippen molar-refractivity contribution in [1.82, 2.24) is 4.98 Å². The Morgan fingerprint density at radius 3 is 2.87 bits per heavy atom. The number of rotatable bonds is 2. The third-order valence-corrected chi connectivity index (χ3v) is 2.30. The number of aldehydes is 1. The van der Waals surface area contributed by atoms with Gasteiger partial charge in [0.25, 0.3) is 0 Å². The van der Waals surface area contributed by atoms with Crippen LogP contribution in [0.1, 0.15) is 15.9 Å². The van der Waals surface area contributed by atoms with Crippen LogP contribution in [0.5, 0.6) is 0 Å². The molecule has 0 aliphatic heterocycles.